The molecule has 0 saturated heterocycles. The molecule has 0 fully saturated rings. The van der Waals surface area contributed by atoms with E-state index in [2.05, 4.69) is 10.6 Å². The Balaban J connectivity index is 4.84. The third kappa shape index (κ3) is 6.15. The molecule has 130 valence electrons. The van der Waals surface area contributed by atoms with E-state index in [9.17, 15) is 24.0 Å². The number of nitrogens with zero attached hydrogens (tertiary/aromatic N) is 1. The summed E-state index contributed by atoms with van der Waals surface area (Å²) in [6.07, 6.45) is 0.458. The molecular weight excluding hydrogens is 304 g/mol. The lowest BCUT2D eigenvalue weighted by Crippen LogP contribution is -2.56. The van der Waals surface area contributed by atoms with Gasteiger partial charge in [-0.3, -0.25) is 24.1 Å². The highest BCUT2D eigenvalue weighted by molar-refractivity contribution is 6.01. The van der Waals surface area contributed by atoms with E-state index >= 15 is 0 Å². The molecule has 0 bridgehead atoms. The summed E-state index contributed by atoms with van der Waals surface area (Å²) in [5.74, 6) is -2.43. The van der Waals surface area contributed by atoms with Gasteiger partial charge in [-0.05, 0) is 27.7 Å². The summed E-state index contributed by atoms with van der Waals surface area (Å²) in [5, 5.41) is 4.77. The van der Waals surface area contributed by atoms with Crippen molar-refractivity contribution in [3.8, 4) is 0 Å². The molecule has 0 aromatic rings. The van der Waals surface area contributed by atoms with Gasteiger partial charge in [0.2, 0.25) is 17.7 Å². The van der Waals surface area contributed by atoms with Crippen molar-refractivity contribution in [2.24, 2.45) is 5.73 Å². The van der Waals surface area contributed by atoms with Crippen LogP contribution in [0.2, 0.25) is 0 Å². The molecule has 4 N–H and O–H groups in total. The van der Waals surface area contributed by atoms with Gasteiger partial charge in [0, 0.05) is 6.92 Å². The molecule has 0 saturated carbocycles. The molecule has 0 aromatic carbocycles. The van der Waals surface area contributed by atoms with Gasteiger partial charge < -0.3 is 21.2 Å². The fraction of sp³-hybridized carbons (Fsp3) is 0.643. The number of hydrogen-bond donors (Lipinski definition) is 3. The van der Waals surface area contributed by atoms with Gasteiger partial charge in [-0.2, -0.15) is 0 Å². The molecular formula is C14H24N4O5. The number of nitrogens with two attached hydrogens (primary N) is 1. The van der Waals surface area contributed by atoms with Crippen LogP contribution in [0.15, 0.2) is 0 Å². The van der Waals surface area contributed by atoms with Gasteiger partial charge >= 0.3 is 0 Å². The van der Waals surface area contributed by atoms with Crippen LogP contribution < -0.4 is 16.4 Å². The van der Waals surface area contributed by atoms with Crippen molar-refractivity contribution in [3.63, 3.8) is 0 Å². The molecule has 4 atom stereocenters. The average Bonchev–Trinajstić information content (AvgIpc) is 2.45. The van der Waals surface area contributed by atoms with Gasteiger partial charge in [-0.1, -0.05) is 0 Å². The SMILES string of the molecule is CC(=O)N(C(=O)[C@H](C)NC(=O)[C@H](C)NC(=O)[C@H](C)N)[C@@H](C)C=O. The van der Waals surface area contributed by atoms with Crippen LogP contribution >= 0.6 is 0 Å². The number of hydrogen-bond acceptors (Lipinski definition) is 6. The Morgan fingerprint density at radius 2 is 1.43 bits per heavy atom. The second-order valence-electron chi connectivity index (χ2n) is 5.35. The maximum Gasteiger partial charge on any atom is 0.252 e. The Morgan fingerprint density at radius 1 is 0.957 bits per heavy atom. The van der Waals surface area contributed by atoms with E-state index < -0.39 is 47.8 Å². The minimum Gasteiger partial charge on any atom is -0.343 e. The molecule has 0 spiro atoms. The van der Waals surface area contributed by atoms with Crippen molar-refractivity contribution in [3.05, 3.63) is 0 Å². The first-order valence-corrected chi connectivity index (χ1v) is 7.18. The van der Waals surface area contributed by atoms with Crippen LogP contribution in [0, 0.1) is 0 Å². The molecule has 4 amide bonds. The van der Waals surface area contributed by atoms with Crippen molar-refractivity contribution in [2.45, 2.75) is 58.8 Å². The minimum absolute atomic E-state index is 0.458. The van der Waals surface area contributed by atoms with Gasteiger partial charge in [0.15, 0.2) is 0 Å². The van der Waals surface area contributed by atoms with E-state index in [1.165, 1.54) is 27.7 Å². The van der Waals surface area contributed by atoms with Crippen LogP contribution in [0.5, 0.6) is 0 Å². The van der Waals surface area contributed by atoms with Gasteiger partial charge in [0.1, 0.15) is 18.4 Å². The van der Waals surface area contributed by atoms with Crippen LogP contribution in [0.25, 0.3) is 0 Å². The molecule has 9 heteroatoms. The fourth-order valence-corrected chi connectivity index (χ4v) is 1.72. The number of aldehydes is 1. The summed E-state index contributed by atoms with van der Waals surface area (Å²) in [6.45, 7) is 6.83. The van der Waals surface area contributed by atoms with Crippen molar-refractivity contribution >= 4 is 29.9 Å². The number of nitrogens with one attached hydrogen (secondary N) is 2. The summed E-state index contributed by atoms with van der Waals surface area (Å²) in [5.41, 5.74) is 5.38. The number of carbonyl (C=O) groups excluding carboxylic acids is 5. The normalized spacial score (nSPS) is 15.6. The zero-order valence-electron chi connectivity index (χ0n) is 14.0. The van der Waals surface area contributed by atoms with Crippen LogP contribution in [-0.4, -0.2) is 59.0 Å². The number of imide groups is 1. The second kappa shape index (κ2) is 8.99. The molecule has 9 nitrogen and oxygen atoms in total. The summed E-state index contributed by atoms with van der Waals surface area (Å²) in [6, 6.07) is -3.65. The van der Waals surface area contributed by atoms with Gasteiger partial charge in [0.05, 0.1) is 12.1 Å². The first kappa shape index (κ1) is 20.7. The van der Waals surface area contributed by atoms with Gasteiger partial charge in [-0.25, -0.2) is 0 Å². The third-order valence-corrected chi connectivity index (χ3v) is 3.08. The molecule has 0 aromatic heterocycles. The van der Waals surface area contributed by atoms with Crippen LogP contribution in [0.4, 0.5) is 0 Å². The van der Waals surface area contributed by atoms with Gasteiger partial charge in [-0.15, -0.1) is 0 Å². The van der Waals surface area contributed by atoms with Crippen LogP contribution in [-0.2, 0) is 24.0 Å². The highest BCUT2D eigenvalue weighted by atomic mass is 16.2. The van der Waals surface area contributed by atoms with E-state index in [0.29, 0.717) is 6.29 Å². The number of rotatable bonds is 7. The smallest absolute Gasteiger partial charge is 0.252 e. The second-order valence-corrected chi connectivity index (χ2v) is 5.35. The minimum atomic E-state index is -1.04. The van der Waals surface area contributed by atoms with Crippen molar-refractivity contribution in [1.29, 1.82) is 0 Å². The molecule has 0 unspecified atom stereocenters. The molecule has 0 radical (unpaired) electrons. The summed E-state index contributed by atoms with van der Waals surface area (Å²) >= 11 is 0. The Bertz CT molecular complexity index is 492. The van der Waals surface area contributed by atoms with Crippen molar-refractivity contribution in [2.75, 3.05) is 0 Å². The maximum atomic E-state index is 12.2. The van der Waals surface area contributed by atoms with Gasteiger partial charge in [0.25, 0.3) is 5.91 Å². The lowest BCUT2D eigenvalue weighted by atomic mass is 10.2. The Morgan fingerprint density at radius 3 is 1.83 bits per heavy atom. The maximum absolute atomic E-state index is 12.2. The summed E-state index contributed by atoms with van der Waals surface area (Å²) in [7, 11) is 0. The van der Waals surface area contributed by atoms with E-state index in [0.717, 1.165) is 11.8 Å². The Hall–Kier alpha value is -2.29. The Kier molecular flexibility index (Phi) is 8.09. The summed E-state index contributed by atoms with van der Waals surface area (Å²) < 4.78 is 0. The zero-order chi connectivity index (χ0) is 18.3. The van der Waals surface area contributed by atoms with Crippen LogP contribution in [0.3, 0.4) is 0 Å². The molecule has 0 heterocycles. The molecule has 23 heavy (non-hydrogen) atoms. The highest BCUT2D eigenvalue weighted by Crippen LogP contribution is 2.02. The standard InChI is InChI=1S/C14H24N4O5/c1-7(6-19)18(11(5)20)14(23)10(4)17-13(22)9(3)16-12(21)8(2)15/h6-10H,15H2,1-5H3,(H,16,21)(H,17,22)/t7-,8-,9-,10-/m0/s1. The first-order chi connectivity index (χ1) is 10.5. The largest absolute Gasteiger partial charge is 0.343 e. The molecule has 0 rings (SSSR count). The van der Waals surface area contributed by atoms with E-state index in [1.807, 2.05) is 0 Å². The van der Waals surface area contributed by atoms with Crippen molar-refractivity contribution < 1.29 is 24.0 Å². The molecule has 0 aliphatic rings. The first-order valence-electron chi connectivity index (χ1n) is 7.18. The van der Waals surface area contributed by atoms with Crippen molar-refractivity contribution in [1.82, 2.24) is 15.5 Å². The predicted octanol–water partition coefficient (Wildman–Crippen LogP) is -1.69. The van der Waals surface area contributed by atoms with Crippen LogP contribution in [0.1, 0.15) is 34.6 Å². The highest BCUT2D eigenvalue weighted by Gasteiger charge is 2.30. The third-order valence-electron chi connectivity index (χ3n) is 3.08. The topological polar surface area (TPSA) is 139 Å². The average molecular weight is 328 g/mol. The monoisotopic (exact) mass is 328 g/mol. The van der Waals surface area contributed by atoms with E-state index in [4.69, 9.17) is 5.73 Å². The zero-order valence-corrected chi connectivity index (χ0v) is 14.0. The lowest BCUT2D eigenvalue weighted by Gasteiger charge is -2.26. The van der Waals surface area contributed by atoms with E-state index in [1.54, 1.807) is 0 Å². The van der Waals surface area contributed by atoms with E-state index in [-0.39, 0.29) is 0 Å². The predicted molar refractivity (Wildman–Crippen MR) is 81.9 cm³/mol. The fourth-order valence-electron chi connectivity index (χ4n) is 1.72. The quantitative estimate of drug-likeness (QED) is 0.476. The molecule has 0 aliphatic heterocycles. The molecule has 0 aliphatic carbocycles. The summed E-state index contributed by atoms with van der Waals surface area (Å²) in [4.78, 5) is 58.6. The Labute approximate surface area is 134 Å². The lowest BCUT2D eigenvalue weighted by molar-refractivity contribution is -0.149. The number of carbonyl (C=O) groups is 5. The number of amides is 4.